The van der Waals surface area contributed by atoms with Gasteiger partial charge in [0.25, 0.3) is 0 Å². The van der Waals surface area contributed by atoms with Gasteiger partial charge >= 0.3 is 12.1 Å². The van der Waals surface area contributed by atoms with E-state index in [2.05, 4.69) is 34.9 Å². The molecule has 7 nitrogen and oxygen atoms in total. The van der Waals surface area contributed by atoms with E-state index in [1.54, 1.807) is 0 Å². The summed E-state index contributed by atoms with van der Waals surface area (Å²) >= 11 is 0. The maximum atomic E-state index is 12.2. The van der Waals surface area contributed by atoms with Crippen molar-refractivity contribution in [1.29, 1.82) is 0 Å². The molecular weight excluding hydrogens is 444 g/mol. The van der Waals surface area contributed by atoms with Crippen LogP contribution in [0, 0.1) is 5.92 Å². The van der Waals surface area contributed by atoms with Gasteiger partial charge in [0, 0.05) is 31.3 Å². The van der Waals surface area contributed by atoms with Crippen LogP contribution in [-0.4, -0.2) is 42.3 Å². The molecule has 0 aromatic heterocycles. The van der Waals surface area contributed by atoms with E-state index in [4.69, 9.17) is 9.84 Å². The summed E-state index contributed by atoms with van der Waals surface area (Å²) in [4.78, 5) is 35.2. The third kappa shape index (κ3) is 6.62. The number of nitrogens with one attached hydrogen (secondary N) is 2. The number of unbranched alkanes of at least 4 members (excludes halogenated alkanes) is 2. The summed E-state index contributed by atoms with van der Waals surface area (Å²) < 4.78 is 5.54. The fourth-order valence-electron chi connectivity index (χ4n) is 5.37. The molecule has 4 rings (SSSR count). The first-order chi connectivity index (χ1) is 17.0. The number of carboxylic acid groups (broad SMARTS) is 1. The second-order valence-electron chi connectivity index (χ2n) is 9.60. The maximum absolute atomic E-state index is 12.2. The summed E-state index contributed by atoms with van der Waals surface area (Å²) in [7, 11) is 0. The second kappa shape index (κ2) is 11.9. The fourth-order valence-corrected chi connectivity index (χ4v) is 5.37. The van der Waals surface area contributed by atoms with Gasteiger partial charge < -0.3 is 20.5 Å². The zero-order valence-corrected chi connectivity index (χ0v) is 20.0. The van der Waals surface area contributed by atoms with Crippen molar-refractivity contribution < 1.29 is 24.2 Å². The molecule has 1 fully saturated rings. The number of hydrogen-bond acceptors (Lipinski definition) is 4. The molecule has 2 amide bonds. The van der Waals surface area contributed by atoms with Crippen LogP contribution in [0.3, 0.4) is 0 Å². The van der Waals surface area contributed by atoms with Crippen LogP contribution in [0.15, 0.2) is 48.5 Å². The van der Waals surface area contributed by atoms with Crippen LogP contribution >= 0.6 is 0 Å². The lowest BCUT2D eigenvalue weighted by Crippen LogP contribution is -2.32. The van der Waals surface area contributed by atoms with Crippen LogP contribution in [0.2, 0.25) is 0 Å². The smallest absolute Gasteiger partial charge is 0.407 e. The molecular formula is C28H34N2O5. The highest BCUT2D eigenvalue weighted by Crippen LogP contribution is 2.44. The highest BCUT2D eigenvalue weighted by molar-refractivity contribution is 5.79. The minimum atomic E-state index is -0.770. The number of fused-ring (bicyclic) bond motifs is 3. The standard InChI is InChI=1S/C28H34N2O5/c31-26(30-20-14-13-19(16-20)17-27(32)33)12-2-1-7-15-29-28(34)35-18-25-23-10-5-3-8-21(23)22-9-4-6-11-24(22)25/h3-6,8-11,19-20,25H,1-2,7,12-18H2,(H,29,34)(H,30,31)(H,32,33)/t19-,20+/m1/s1. The normalized spacial score (nSPS) is 18.5. The monoisotopic (exact) mass is 478 g/mol. The minimum absolute atomic E-state index is 0.0236. The first-order valence-electron chi connectivity index (χ1n) is 12.6. The Balaban J connectivity index is 1.09. The molecule has 0 spiro atoms. The van der Waals surface area contributed by atoms with Crippen LogP contribution in [0.25, 0.3) is 11.1 Å². The lowest BCUT2D eigenvalue weighted by molar-refractivity contribution is -0.138. The number of rotatable bonds is 11. The van der Waals surface area contributed by atoms with Crippen molar-refractivity contribution in [3.63, 3.8) is 0 Å². The molecule has 3 N–H and O–H groups in total. The van der Waals surface area contributed by atoms with Crippen molar-refractivity contribution >= 4 is 18.0 Å². The first kappa shape index (κ1) is 24.8. The Morgan fingerprint density at radius 3 is 2.29 bits per heavy atom. The molecule has 2 aliphatic rings. The molecule has 2 aliphatic carbocycles. The third-order valence-corrected chi connectivity index (χ3v) is 7.06. The van der Waals surface area contributed by atoms with Crippen LogP contribution in [0.1, 0.15) is 68.4 Å². The number of hydrogen-bond donors (Lipinski definition) is 3. The number of carbonyl (C=O) groups excluding carboxylic acids is 2. The molecule has 0 heterocycles. The van der Waals surface area contributed by atoms with Crippen molar-refractivity contribution in [3.05, 3.63) is 59.7 Å². The summed E-state index contributed by atoms with van der Waals surface area (Å²) in [6.45, 7) is 0.812. The van der Waals surface area contributed by atoms with Gasteiger partial charge in [-0.05, 0) is 60.3 Å². The quantitative estimate of drug-likeness (QED) is 0.401. The van der Waals surface area contributed by atoms with E-state index >= 15 is 0 Å². The highest BCUT2D eigenvalue weighted by atomic mass is 16.5. The lowest BCUT2D eigenvalue weighted by atomic mass is 9.98. The van der Waals surface area contributed by atoms with Crippen molar-refractivity contribution in [1.82, 2.24) is 10.6 Å². The predicted molar refractivity (Wildman–Crippen MR) is 133 cm³/mol. The minimum Gasteiger partial charge on any atom is -0.481 e. The molecule has 186 valence electrons. The largest absolute Gasteiger partial charge is 0.481 e. The van der Waals surface area contributed by atoms with Crippen LogP contribution < -0.4 is 10.6 Å². The number of carboxylic acids is 1. The Morgan fingerprint density at radius 1 is 0.914 bits per heavy atom. The van der Waals surface area contributed by atoms with E-state index in [-0.39, 0.29) is 30.2 Å². The van der Waals surface area contributed by atoms with Gasteiger partial charge in [0.1, 0.15) is 6.61 Å². The summed E-state index contributed by atoms with van der Waals surface area (Å²) in [6.07, 6.45) is 5.05. The number of ether oxygens (including phenoxy) is 1. The Bertz CT molecular complexity index is 1010. The summed E-state index contributed by atoms with van der Waals surface area (Å²) in [6, 6.07) is 16.6. The molecule has 2 aromatic carbocycles. The molecule has 0 aliphatic heterocycles. The zero-order valence-electron chi connectivity index (χ0n) is 20.0. The summed E-state index contributed by atoms with van der Waals surface area (Å²) in [5.41, 5.74) is 4.79. The van der Waals surface area contributed by atoms with Gasteiger partial charge in [0.2, 0.25) is 5.91 Å². The molecule has 0 unspecified atom stereocenters. The van der Waals surface area contributed by atoms with Gasteiger partial charge in [-0.2, -0.15) is 0 Å². The summed E-state index contributed by atoms with van der Waals surface area (Å²) in [5, 5.41) is 14.7. The molecule has 0 bridgehead atoms. The van der Waals surface area contributed by atoms with Crippen molar-refractivity contribution in [2.24, 2.45) is 5.92 Å². The SMILES string of the molecule is O=C(O)C[C@@H]1CC[C@H](NC(=O)CCCCCNC(=O)OCC2c3ccccc3-c3ccccc32)C1. The van der Waals surface area contributed by atoms with Crippen molar-refractivity contribution in [2.75, 3.05) is 13.2 Å². The van der Waals surface area contributed by atoms with Crippen LogP contribution in [-0.2, 0) is 14.3 Å². The van der Waals surface area contributed by atoms with Gasteiger partial charge in [0.15, 0.2) is 0 Å². The third-order valence-electron chi connectivity index (χ3n) is 7.06. The van der Waals surface area contributed by atoms with Gasteiger partial charge in [-0.25, -0.2) is 4.79 Å². The Morgan fingerprint density at radius 2 is 1.60 bits per heavy atom. The topological polar surface area (TPSA) is 105 Å². The predicted octanol–water partition coefficient (Wildman–Crippen LogP) is 4.85. The number of benzene rings is 2. The molecule has 7 heteroatoms. The van der Waals surface area contributed by atoms with Gasteiger partial charge in [-0.3, -0.25) is 9.59 Å². The van der Waals surface area contributed by atoms with E-state index < -0.39 is 12.1 Å². The Labute approximate surface area is 206 Å². The van der Waals surface area contributed by atoms with Crippen LogP contribution in [0.4, 0.5) is 4.79 Å². The first-order valence-corrected chi connectivity index (χ1v) is 12.6. The molecule has 1 saturated carbocycles. The average molecular weight is 479 g/mol. The molecule has 2 aromatic rings. The number of alkyl carbamates (subject to hydrolysis) is 1. The maximum Gasteiger partial charge on any atom is 0.407 e. The second-order valence-corrected chi connectivity index (χ2v) is 9.60. The van der Waals surface area contributed by atoms with E-state index in [9.17, 15) is 14.4 Å². The Kier molecular flexibility index (Phi) is 8.40. The van der Waals surface area contributed by atoms with Gasteiger partial charge in [-0.1, -0.05) is 55.0 Å². The lowest BCUT2D eigenvalue weighted by Gasteiger charge is -2.14. The van der Waals surface area contributed by atoms with Crippen molar-refractivity contribution in [3.8, 4) is 11.1 Å². The highest BCUT2D eigenvalue weighted by Gasteiger charge is 2.29. The molecule has 35 heavy (non-hydrogen) atoms. The van der Waals surface area contributed by atoms with E-state index in [1.807, 2.05) is 24.3 Å². The van der Waals surface area contributed by atoms with Gasteiger partial charge in [0.05, 0.1) is 0 Å². The molecule has 0 saturated heterocycles. The molecule has 2 atom stereocenters. The molecule has 0 radical (unpaired) electrons. The van der Waals surface area contributed by atoms with E-state index in [0.717, 1.165) is 38.5 Å². The van der Waals surface area contributed by atoms with E-state index in [1.165, 1.54) is 22.3 Å². The van der Waals surface area contributed by atoms with Gasteiger partial charge in [-0.15, -0.1) is 0 Å². The fraction of sp³-hybridized carbons (Fsp3) is 0.464. The Hall–Kier alpha value is -3.35. The van der Waals surface area contributed by atoms with Crippen molar-refractivity contribution in [2.45, 2.75) is 63.3 Å². The zero-order chi connectivity index (χ0) is 24.6. The average Bonchev–Trinajstić information content (AvgIpc) is 3.41. The number of aliphatic carboxylic acids is 1. The van der Waals surface area contributed by atoms with E-state index in [0.29, 0.717) is 19.6 Å². The number of amides is 2. The number of carbonyl (C=O) groups is 3. The van der Waals surface area contributed by atoms with Crippen LogP contribution in [0.5, 0.6) is 0 Å². The summed E-state index contributed by atoms with van der Waals surface area (Å²) in [5.74, 6) is -0.531.